The second-order valence-corrected chi connectivity index (χ2v) is 16.5. The fraction of sp³-hybridized carbons (Fsp3) is 0. The maximum absolute atomic E-state index is 2.39. The number of rotatable bonds is 8. The maximum atomic E-state index is 2.39. The third-order valence-electron chi connectivity index (χ3n) is 12.8. The summed E-state index contributed by atoms with van der Waals surface area (Å²) in [5.74, 6) is 0. The second kappa shape index (κ2) is 15.8. The number of pyridine rings is 1. The molecule has 0 aliphatic carbocycles. The van der Waals surface area contributed by atoms with Crippen LogP contribution in [-0.4, -0.2) is 4.40 Å². The molecule has 2 heteroatoms. The van der Waals surface area contributed by atoms with E-state index in [1.54, 1.807) is 0 Å². The van der Waals surface area contributed by atoms with E-state index in [9.17, 15) is 0 Å². The van der Waals surface area contributed by atoms with Gasteiger partial charge in [-0.1, -0.05) is 194 Å². The summed E-state index contributed by atoms with van der Waals surface area (Å²) >= 11 is 0. The minimum absolute atomic E-state index is 1.10. The first-order valence-corrected chi connectivity index (χ1v) is 22.0. The van der Waals surface area contributed by atoms with Crippen LogP contribution in [0.3, 0.4) is 0 Å². The zero-order valence-corrected chi connectivity index (χ0v) is 35.1. The quantitative estimate of drug-likeness (QED) is 0.139. The van der Waals surface area contributed by atoms with Crippen molar-refractivity contribution in [3.63, 3.8) is 0 Å². The molecule has 0 fully saturated rings. The number of aromatic nitrogens is 1. The van der Waals surface area contributed by atoms with Crippen molar-refractivity contribution in [3.8, 4) is 55.6 Å². The predicted molar refractivity (Wildman–Crippen MR) is 272 cm³/mol. The molecule has 0 spiro atoms. The van der Waals surface area contributed by atoms with Crippen molar-refractivity contribution in [1.29, 1.82) is 0 Å². The van der Waals surface area contributed by atoms with Crippen molar-refractivity contribution >= 4 is 55.0 Å². The van der Waals surface area contributed by atoms with Crippen LogP contribution in [-0.2, 0) is 0 Å². The minimum Gasteiger partial charge on any atom is -0.315 e. The molecule has 0 radical (unpaired) electrons. The summed E-state index contributed by atoms with van der Waals surface area (Å²) in [6, 6.07) is 90.2. The summed E-state index contributed by atoms with van der Waals surface area (Å²) in [7, 11) is 0. The highest BCUT2D eigenvalue weighted by atomic mass is 15.1. The average Bonchev–Trinajstić information content (AvgIpc) is 3.74. The first-order valence-electron chi connectivity index (χ1n) is 22.0. The average molecular weight is 815 g/mol. The van der Waals surface area contributed by atoms with E-state index < -0.39 is 0 Å². The number of benzene rings is 10. The molecule has 0 unspecified atom stereocenters. The molecule has 0 atom stereocenters. The van der Waals surface area contributed by atoms with Gasteiger partial charge in [-0.25, -0.2) is 0 Å². The molecule has 0 amide bonds. The Morgan fingerprint density at radius 3 is 1.17 bits per heavy atom. The van der Waals surface area contributed by atoms with E-state index in [4.69, 9.17) is 0 Å². The highest BCUT2D eigenvalue weighted by Crippen LogP contribution is 2.45. The standard InChI is InChI=1S/C62H42N2/c1-4-14-43(15-5-1)46-27-34-52(35-28-46)64(53-36-29-47(30-37-53)44-16-6-2-7-17-44)54-38-31-48(32-39-54)45-23-25-49(26-24-45)51-33-40-57-58(42-51)55-20-10-11-21-56(55)61-60(50-18-8-3-9-19-50)59-22-12-13-41-63(59)62(57)61/h1-42H. The van der Waals surface area contributed by atoms with Crippen LogP contribution in [0.5, 0.6) is 0 Å². The second-order valence-electron chi connectivity index (χ2n) is 16.5. The lowest BCUT2D eigenvalue weighted by Crippen LogP contribution is -2.09. The van der Waals surface area contributed by atoms with Crippen molar-refractivity contribution in [2.45, 2.75) is 0 Å². The van der Waals surface area contributed by atoms with Crippen LogP contribution in [0, 0.1) is 0 Å². The highest BCUT2D eigenvalue weighted by molar-refractivity contribution is 6.30. The molecule has 2 aromatic heterocycles. The van der Waals surface area contributed by atoms with Crippen molar-refractivity contribution in [2.75, 3.05) is 4.90 Å². The van der Waals surface area contributed by atoms with Gasteiger partial charge in [0.25, 0.3) is 0 Å². The largest absolute Gasteiger partial charge is 0.315 e. The Morgan fingerprint density at radius 1 is 0.266 bits per heavy atom. The molecule has 0 N–H and O–H groups in total. The Kier molecular flexibility index (Phi) is 9.20. The molecular formula is C62H42N2. The summed E-state index contributed by atoms with van der Waals surface area (Å²) in [4.78, 5) is 2.34. The van der Waals surface area contributed by atoms with Crippen LogP contribution in [0.4, 0.5) is 17.1 Å². The van der Waals surface area contributed by atoms with E-state index >= 15 is 0 Å². The molecule has 0 saturated carbocycles. The predicted octanol–water partition coefficient (Wildman–Crippen LogP) is 17.2. The van der Waals surface area contributed by atoms with E-state index in [2.05, 4.69) is 264 Å². The SMILES string of the molecule is c1ccc(-c2ccc(N(c3ccc(-c4ccccc4)cc3)c3ccc(-c4ccc(-c5ccc6c(c5)c5ccccc5c5c(-c7ccccc7)c7ccccn7c65)cc4)cc3)cc2)cc1. The van der Waals surface area contributed by atoms with Crippen LogP contribution in [0.2, 0.25) is 0 Å². The number of hydrogen-bond acceptors (Lipinski definition) is 1. The molecule has 10 aromatic carbocycles. The molecule has 12 aromatic rings. The smallest absolute Gasteiger partial charge is 0.0620 e. The lowest BCUT2D eigenvalue weighted by molar-refractivity contribution is 1.26. The molecule has 0 aliphatic heterocycles. The van der Waals surface area contributed by atoms with E-state index in [0.717, 1.165) is 17.1 Å². The van der Waals surface area contributed by atoms with Crippen LogP contribution in [0.15, 0.2) is 255 Å². The Labute approximate surface area is 373 Å². The van der Waals surface area contributed by atoms with Gasteiger partial charge in [0.1, 0.15) is 0 Å². The Morgan fingerprint density at radius 2 is 0.656 bits per heavy atom. The summed E-state index contributed by atoms with van der Waals surface area (Å²) in [6.45, 7) is 0. The fourth-order valence-electron chi connectivity index (χ4n) is 9.69. The Hall–Kier alpha value is -8.46. The van der Waals surface area contributed by atoms with E-state index in [0.29, 0.717) is 0 Å². The topological polar surface area (TPSA) is 7.65 Å². The third-order valence-corrected chi connectivity index (χ3v) is 12.8. The molecule has 0 aliphatic rings. The van der Waals surface area contributed by atoms with Crippen LogP contribution in [0.1, 0.15) is 0 Å². The third kappa shape index (κ3) is 6.52. The molecule has 0 bridgehead atoms. The van der Waals surface area contributed by atoms with Crippen LogP contribution < -0.4 is 4.90 Å². The normalized spacial score (nSPS) is 11.4. The molecule has 0 saturated heterocycles. The zero-order chi connectivity index (χ0) is 42.4. The van der Waals surface area contributed by atoms with Gasteiger partial charge in [-0.05, 0) is 121 Å². The van der Waals surface area contributed by atoms with E-state index in [1.165, 1.54) is 93.6 Å². The fourth-order valence-corrected chi connectivity index (χ4v) is 9.69. The first-order chi connectivity index (χ1) is 31.7. The van der Waals surface area contributed by atoms with Crippen molar-refractivity contribution in [2.24, 2.45) is 0 Å². The summed E-state index contributed by atoms with van der Waals surface area (Å²) in [6.07, 6.45) is 2.21. The number of anilines is 3. The molecule has 12 rings (SSSR count). The maximum Gasteiger partial charge on any atom is 0.0620 e. The molecule has 64 heavy (non-hydrogen) atoms. The lowest BCUT2D eigenvalue weighted by atomic mass is 9.92. The van der Waals surface area contributed by atoms with Gasteiger partial charge in [0.2, 0.25) is 0 Å². The molecule has 2 heterocycles. The van der Waals surface area contributed by atoms with Gasteiger partial charge in [0.05, 0.1) is 11.0 Å². The van der Waals surface area contributed by atoms with Crippen molar-refractivity contribution in [3.05, 3.63) is 255 Å². The summed E-state index contributed by atoms with van der Waals surface area (Å²) in [5.41, 5.74) is 17.9. The number of nitrogens with zero attached hydrogens (tertiary/aromatic N) is 2. The Bertz CT molecular complexity index is 3510. The van der Waals surface area contributed by atoms with Crippen LogP contribution >= 0.6 is 0 Å². The zero-order valence-electron chi connectivity index (χ0n) is 35.1. The van der Waals surface area contributed by atoms with E-state index in [1.807, 2.05) is 0 Å². The van der Waals surface area contributed by atoms with Gasteiger partial charge < -0.3 is 9.30 Å². The van der Waals surface area contributed by atoms with Gasteiger partial charge in [0, 0.05) is 39.6 Å². The van der Waals surface area contributed by atoms with Gasteiger partial charge in [0.15, 0.2) is 0 Å². The number of fused-ring (bicyclic) bond motifs is 8. The highest BCUT2D eigenvalue weighted by Gasteiger charge is 2.20. The van der Waals surface area contributed by atoms with Crippen LogP contribution in [0.25, 0.3) is 93.6 Å². The molecule has 300 valence electrons. The van der Waals surface area contributed by atoms with Gasteiger partial charge in [-0.2, -0.15) is 0 Å². The van der Waals surface area contributed by atoms with Crippen molar-refractivity contribution in [1.82, 2.24) is 4.40 Å². The summed E-state index contributed by atoms with van der Waals surface area (Å²) < 4.78 is 2.38. The van der Waals surface area contributed by atoms with Gasteiger partial charge in [-0.3, -0.25) is 0 Å². The summed E-state index contributed by atoms with van der Waals surface area (Å²) in [5, 5.41) is 6.36. The Balaban J connectivity index is 0.889. The van der Waals surface area contributed by atoms with Gasteiger partial charge >= 0.3 is 0 Å². The molecular weight excluding hydrogens is 773 g/mol. The first kappa shape index (κ1) is 37.3. The lowest BCUT2D eigenvalue weighted by Gasteiger charge is -2.26. The monoisotopic (exact) mass is 814 g/mol. The van der Waals surface area contributed by atoms with Gasteiger partial charge in [-0.15, -0.1) is 0 Å². The molecule has 2 nitrogen and oxygen atoms in total. The van der Waals surface area contributed by atoms with E-state index in [-0.39, 0.29) is 0 Å². The number of hydrogen-bond donors (Lipinski definition) is 0. The van der Waals surface area contributed by atoms with Crippen molar-refractivity contribution < 1.29 is 0 Å². The minimum atomic E-state index is 1.10.